The first-order valence-electron chi connectivity index (χ1n) is 20.2. The monoisotopic (exact) mass is 754 g/mol. The molecule has 278 valence electrons. The van der Waals surface area contributed by atoms with E-state index in [0.717, 1.165) is 49.8 Å². The molecular weight excluding hydrogens is 719 g/mol. The first-order valence-corrected chi connectivity index (χ1v) is 20.2. The Kier molecular flexibility index (Phi) is 7.72. The van der Waals surface area contributed by atoms with Gasteiger partial charge in [-0.15, -0.1) is 0 Å². The minimum Gasteiger partial charge on any atom is -0.456 e. The number of amidine groups is 1. The fourth-order valence-corrected chi connectivity index (χ4v) is 9.36. The SMILES string of the molecule is c1ccc(C2[N-]C(c3cccc(-c4cccc(-c5cc6c7ccccc7c7ccccc7c6c6ccccc56)c4)c3)=NC(c3cccc4oc5ccccc5c34)N2)cc1. The molecule has 0 aliphatic carbocycles. The highest BCUT2D eigenvalue weighted by molar-refractivity contribution is 6.33. The van der Waals surface area contributed by atoms with Gasteiger partial charge in [0.2, 0.25) is 0 Å². The number of aliphatic imine (C=N–C) groups is 1. The Labute approximate surface area is 341 Å². The summed E-state index contributed by atoms with van der Waals surface area (Å²) in [6.07, 6.45) is -0.637. The normalized spacial score (nSPS) is 15.6. The second-order valence-electron chi connectivity index (χ2n) is 15.4. The summed E-state index contributed by atoms with van der Waals surface area (Å²) in [5, 5.41) is 21.4. The molecule has 11 aromatic rings. The highest BCUT2D eigenvalue weighted by atomic mass is 16.3. The van der Waals surface area contributed by atoms with Crippen LogP contribution in [0.25, 0.3) is 92.6 Å². The number of furan rings is 1. The Morgan fingerprint density at radius 1 is 0.407 bits per heavy atom. The van der Waals surface area contributed by atoms with Crippen LogP contribution in [0.3, 0.4) is 0 Å². The molecule has 4 nitrogen and oxygen atoms in total. The molecule has 0 spiro atoms. The van der Waals surface area contributed by atoms with E-state index in [1.807, 2.05) is 24.3 Å². The molecule has 0 saturated carbocycles. The lowest BCUT2D eigenvalue weighted by Gasteiger charge is -2.40. The molecule has 0 fully saturated rings. The van der Waals surface area contributed by atoms with Gasteiger partial charge >= 0.3 is 0 Å². The second kappa shape index (κ2) is 13.6. The fourth-order valence-electron chi connectivity index (χ4n) is 9.36. The molecule has 1 aliphatic heterocycles. The lowest BCUT2D eigenvalue weighted by Crippen LogP contribution is -2.32. The summed E-state index contributed by atoms with van der Waals surface area (Å²) in [7, 11) is 0. The molecule has 2 atom stereocenters. The minimum atomic E-state index is -0.348. The topological polar surface area (TPSA) is 51.6 Å². The predicted molar refractivity (Wildman–Crippen MR) is 246 cm³/mol. The lowest BCUT2D eigenvalue weighted by molar-refractivity contribution is 0.491. The number of hydrogen-bond donors (Lipinski definition) is 1. The van der Waals surface area contributed by atoms with E-state index in [0.29, 0.717) is 5.84 Å². The van der Waals surface area contributed by atoms with Crippen LogP contribution < -0.4 is 5.32 Å². The van der Waals surface area contributed by atoms with E-state index in [1.165, 1.54) is 54.2 Å². The van der Waals surface area contributed by atoms with Crippen molar-refractivity contribution in [2.24, 2.45) is 4.99 Å². The fraction of sp³-hybridized carbons (Fsp3) is 0.0364. The van der Waals surface area contributed by atoms with E-state index in [1.54, 1.807) is 0 Å². The van der Waals surface area contributed by atoms with Crippen LogP contribution >= 0.6 is 0 Å². The molecular formula is C55H36N3O-. The van der Waals surface area contributed by atoms with Crippen molar-refractivity contribution < 1.29 is 4.42 Å². The molecule has 10 aromatic carbocycles. The van der Waals surface area contributed by atoms with Gasteiger partial charge in [-0.3, -0.25) is 0 Å². The quantitative estimate of drug-likeness (QED) is 0.178. The summed E-state index contributed by atoms with van der Waals surface area (Å²) in [5.74, 6) is 0.713. The maximum Gasteiger partial charge on any atom is 0.135 e. The average Bonchev–Trinajstić information content (AvgIpc) is 3.70. The van der Waals surface area contributed by atoms with Crippen molar-refractivity contribution in [3.8, 4) is 22.3 Å². The van der Waals surface area contributed by atoms with Crippen molar-refractivity contribution in [1.29, 1.82) is 0 Å². The largest absolute Gasteiger partial charge is 0.456 e. The number of fused-ring (bicyclic) bond motifs is 11. The van der Waals surface area contributed by atoms with Crippen molar-refractivity contribution >= 4 is 70.9 Å². The molecule has 59 heavy (non-hydrogen) atoms. The van der Waals surface area contributed by atoms with Crippen molar-refractivity contribution in [2.45, 2.75) is 12.3 Å². The standard InChI is InChI=1S/C55H36N3O/c1-2-15-34(16-3-1)53-56-54(58-55(57-53)46-28-14-30-50-52(46)45-27-10-11-29-49(45)59-50)38-20-13-18-36(32-38)35-17-12-19-37(31-35)47-33-48-41-23-5-4-21-39(41)40-22-6-8-25-43(40)51(48)44-26-9-7-24-42(44)47/h1-33,53,55,57H/q-1. The van der Waals surface area contributed by atoms with Crippen LogP contribution in [-0.2, 0) is 0 Å². The van der Waals surface area contributed by atoms with E-state index < -0.39 is 0 Å². The smallest absolute Gasteiger partial charge is 0.135 e. The zero-order valence-corrected chi connectivity index (χ0v) is 32.0. The third kappa shape index (κ3) is 5.53. The Hall–Kier alpha value is -7.53. The number of rotatable bonds is 5. The third-order valence-electron chi connectivity index (χ3n) is 12.0. The van der Waals surface area contributed by atoms with Gasteiger partial charge < -0.3 is 20.0 Å². The molecule has 1 aromatic heterocycles. The van der Waals surface area contributed by atoms with Gasteiger partial charge in [0.05, 0.1) is 0 Å². The maximum absolute atomic E-state index is 6.29. The van der Waals surface area contributed by atoms with Crippen LogP contribution in [0, 0.1) is 0 Å². The van der Waals surface area contributed by atoms with E-state index >= 15 is 0 Å². The number of hydrogen-bond acceptors (Lipinski definition) is 3. The molecule has 0 amide bonds. The second-order valence-corrected chi connectivity index (χ2v) is 15.4. The van der Waals surface area contributed by atoms with Gasteiger partial charge in [0.25, 0.3) is 0 Å². The summed E-state index contributed by atoms with van der Waals surface area (Å²) in [5.41, 5.74) is 9.48. The summed E-state index contributed by atoms with van der Waals surface area (Å²) in [4.78, 5) is 5.34. The zero-order chi connectivity index (χ0) is 38.9. The van der Waals surface area contributed by atoms with Crippen LogP contribution in [0.2, 0.25) is 0 Å². The van der Waals surface area contributed by atoms with E-state index in [2.05, 4.69) is 181 Å². The van der Waals surface area contributed by atoms with E-state index in [-0.39, 0.29) is 12.3 Å². The van der Waals surface area contributed by atoms with Crippen LogP contribution in [0.1, 0.15) is 29.0 Å². The van der Waals surface area contributed by atoms with Crippen molar-refractivity contribution in [3.05, 3.63) is 222 Å². The summed E-state index contributed by atoms with van der Waals surface area (Å²) in [6, 6.07) is 71.4. The average molecular weight is 755 g/mol. The number of benzene rings is 10. The summed E-state index contributed by atoms with van der Waals surface area (Å²) in [6.45, 7) is 0. The van der Waals surface area contributed by atoms with Gasteiger partial charge in [0, 0.05) is 23.1 Å². The van der Waals surface area contributed by atoms with E-state index in [9.17, 15) is 0 Å². The van der Waals surface area contributed by atoms with Gasteiger partial charge in [-0.25, -0.2) is 0 Å². The first kappa shape index (κ1) is 33.6. The Morgan fingerprint density at radius 3 is 1.71 bits per heavy atom. The van der Waals surface area contributed by atoms with Crippen LogP contribution in [0.15, 0.2) is 210 Å². The Balaban J connectivity index is 0.989. The minimum absolute atomic E-state index is 0.288. The summed E-state index contributed by atoms with van der Waals surface area (Å²) < 4.78 is 6.29. The number of nitrogens with one attached hydrogen (secondary N) is 1. The Morgan fingerprint density at radius 2 is 0.949 bits per heavy atom. The zero-order valence-electron chi connectivity index (χ0n) is 32.0. The molecule has 2 heterocycles. The van der Waals surface area contributed by atoms with Gasteiger partial charge in [-0.1, -0.05) is 176 Å². The molecule has 2 unspecified atom stereocenters. The molecule has 4 heteroatoms. The van der Waals surface area contributed by atoms with Gasteiger partial charge in [0.1, 0.15) is 11.2 Å². The van der Waals surface area contributed by atoms with Gasteiger partial charge in [-0.2, -0.15) is 0 Å². The maximum atomic E-state index is 6.29. The number of nitrogens with zero attached hydrogens (tertiary/aromatic N) is 2. The van der Waals surface area contributed by atoms with Crippen LogP contribution in [-0.4, -0.2) is 5.84 Å². The van der Waals surface area contributed by atoms with Crippen molar-refractivity contribution in [3.63, 3.8) is 0 Å². The van der Waals surface area contributed by atoms with Gasteiger partial charge in [-0.05, 0) is 112 Å². The molecule has 1 aliphatic rings. The van der Waals surface area contributed by atoms with Crippen LogP contribution in [0.4, 0.5) is 0 Å². The van der Waals surface area contributed by atoms with E-state index in [4.69, 9.17) is 14.7 Å². The highest BCUT2D eigenvalue weighted by Crippen LogP contribution is 2.44. The Bertz CT molecular complexity index is 3470. The van der Waals surface area contributed by atoms with Crippen molar-refractivity contribution in [1.82, 2.24) is 5.32 Å². The predicted octanol–water partition coefficient (Wildman–Crippen LogP) is 14.7. The molecule has 0 radical (unpaired) electrons. The summed E-state index contributed by atoms with van der Waals surface area (Å²) >= 11 is 0. The number of para-hydroxylation sites is 1. The third-order valence-corrected chi connectivity index (χ3v) is 12.0. The van der Waals surface area contributed by atoms with Crippen molar-refractivity contribution in [2.75, 3.05) is 0 Å². The highest BCUT2D eigenvalue weighted by Gasteiger charge is 2.22. The molecule has 1 N–H and O–H groups in total. The molecule has 12 rings (SSSR count). The first-order chi connectivity index (χ1) is 29.2. The molecule has 0 saturated heterocycles. The van der Waals surface area contributed by atoms with Crippen LogP contribution in [0.5, 0.6) is 0 Å². The van der Waals surface area contributed by atoms with Gasteiger partial charge in [0.15, 0.2) is 0 Å². The molecule has 0 bridgehead atoms. The lowest BCUT2D eigenvalue weighted by atomic mass is 9.87.